The second-order valence-corrected chi connectivity index (χ2v) is 5.97. The molecule has 1 aliphatic heterocycles. The lowest BCUT2D eigenvalue weighted by molar-refractivity contribution is -0.137. The van der Waals surface area contributed by atoms with E-state index in [0.717, 1.165) is 12.1 Å². The molecule has 0 radical (unpaired) electrons. The fourth-order valence-corrected chi connectivity index (χ4v) is 3.26. The monoisotopic (exact) mass is 329 g/mol. The predicted octanol–water partition coefficient (Wildman–Crippen LogP) is 2.34. The summed E-state index contributed by atoms with van der Waals surface area (Å²) in [6, 6.07) is 3.48. The SMILES string of the molecule is O=c1[nH]cc(C2CNc3cc(C(F)(F)F)ccc3S2)[nH]c1=O. The number of thioether (sulfide) groups is 1. The van der Waals surface area contributed by atoms with E-state index in [1.807, 2.05) is 0 Å². The van der Waals surface area contributed by atoms with Crippen molar-refractivity contribution in [3.05, 3.63) is 56.4 Å². The van der Waals surface area contributed by atoms with Gasteiger partial charge in [-0.05, 0) is 18.2 Å². The van der Waals surface area contributed by atoms with Crippen LogP contribution in [0.25, 0.3) is 0 Å². The van der Waals surface area contributed by atoms with E-state index in [9.17, 15) is 22.8 Å². The molecule has 1 atom stereocenters. The summed E-state index contributed by atoms with van der Waals surface area (Å²) in [7, 11) is 0. The Labute approximate surface area is 126 Å². The summed E-state index contributed by atoms with van der Waals surface area (Å²) < 4.78 is 38.0. The van der Waals surface area contributed by atoms with Gasteiger partial charge in [0.25, 0.3) is 0 Å². The van der Waals surface area contributed by atoms with Crippen LogP contribution in [0, 0.1) is 0 Å². The molecule has 3 N–H and O–H groups in total. The van der Waals surface area contributed by atoms with Gasteiger partial charge in [-0.3, -0.25) is 9.59 Å². The van der Waals surface area contributed by atoms with Crippen molar-refractivity contribution in [3.8, 4) is 0 Å². The van der Waals surface area contributed by atoms with E-state index in [1.54, 1.807) is 0 Å². The molecule has 0 saturated carbocycles. The quantitative estimate of drug-likeness (QED) is 0.702. The molecule has 1 aromatic heterocycles. The standard InChI is InChI=1S/C13H10F3N3O2S/c14-13(15,16)6-1-2-9-7(3-6)17-5-10(22-9)8-4-18-11(20)12(21)19-8/h1-4,10,17H,5H2,(H,18,20)(H,19,21). The Morgan fingerprint density at radius 1 is 1.18 bits per heavy atom. The maximum atomic E-state index is 12.7. The zero-order chi connectivity index (χ0) is 15.9. The molecule has 1 unspecified atom stereocenters. The Bertz CT molecular complexity index is 828. The summed E-state index contributed by atoms with van der Waals surface area (Å²) in [4.78, 5) is 27.8. The Hall–Kier alpha value is -2.16. The van der Waals surface area contributed by atoms with Crippen molar-refractivity contribution in [2.75, 3.05) is 11.9 Å². The fourth-order valence-electron chi connectivity index (χ4n) is 2.12. The number of benzene rings is 1. The number of H-pyrrole nitrogens is 2. The van der Waals surface area contributed by atoms with E-state index in [4.69, 9.17) is 0 Å². The Morgan fingerprint density at radius 2 is 1.95 bits per heavy atom. The van der Waals surface area contributed by atoms with Gasteiger partial charge in [0.2, 0.25) is 0 Å². The number of halogens is 3. The lowest BCUT2D eigenvalue weighted by Gasteiger charge is -2.26. The number of hydrogen-bond acceptors (Lipinski definition) is 4. The third-order valence-electron chi connectivity index (χ3n) is 3.22. The topological polar surface area (TPSA) is 77.8 Å². The second kappa shape index (κ2) is 5.24. The number of rotatable bonds is 1. The highest BCUT2D eigenvalue weighted by Gasteiger charge is 2.32. The number of aromatic amines is 2. The molecular weight excluding hydrogens is 319 g/mol. The third kappa shape index (κ3) is 2.76. The van der Waals surface area contributed by atoms with Crippen LogP contribution in [-0.2, 0) is 6.18 Å². The molecule has 0 saturated heterocycles. The highest BCUT2D eigenvalue weighted by molar-refractivity contribution is 7.99. The summed E-state index contributed by atoms with van der Waals surface area (Å²) in [6.07, 6.45) is -2.99. The molecule has 2 aromatic rings. The van der Waals surface area contributed by atoms with Crippen LogP contribution in [0.2, 0.25) is 0 Å². The molecule has 22 heavy (non-hydrogen) atoms. The Kier molecular flexibility index (Phi) is 3.51. The summed E-state index contributed by atoms with van der Waals surface area (Å²) in [5.41, 5.74) is -1.30. The first kappa shape index (κ1) is 14.8. The Balaban J connectivity index is 1.89. The molecule has 0 spiro atoms. The van der Waals surface area contributed by atoms with Crippen LogP contribution < -0.4 is 16.4 Å². The molecule has 0 fully saturated rings. The molecular formula is C13H10F3N3O2S. The number of hydrogen-bond donors (Lipinski definition) is 3. The van der Waals surface area contributed by atoms with E-state index in [2.05, 4.69) is 15.3 Å². The van der Waals surface area contributed by atoms with E-state index >= 15 is 0 Å². The number of aromatic nitrogens is 2. The van der Waals surface area contributed by atoms with Crippen molar-refractivity contribution in [1.29, 1.82) is 0 Å². The number of fused-ring (bicyclic) bond motifs is 1. The normalized spacial score (nSPS) is 17.7. The number of anilines is 1. The lowest BCUT2D eigenvalue weighted by Crippen LogP contribution is -2.31. The van der Waals surface area contributed by atoms with Crippen LogP contribution in [0.1, 0.15) is 16.5 Å². The highest BCUT2D eigenvalue weighted by Crippen LogP contribution is 2.44. The largest absolute Gasteiger partial charge is 0.416 e. The second-order valence-electron chi connectivity index (χ2n) is 4.72. The van der Waals surface area contributed by atoms with E-state index < -0.39 is 22.9 Å². The van der Waals surface area contributed by atoms with Gasteiger partial charge in [-0.2, -0.15) is 13.2 Å². The van der Waals surface area contributed by atoms with Gasteiger partial charge in [-0.15, -0.1) is 11.8 Å². The average Bonchev–Trinajstić information content (AvgIpc) is 2.48. The van der Waals surface area contributed by atoms with Gasteiger partial charge in [0.1, 0.15) is 0 Å². The molecule has 3 rings (SSSR count). The van der Waals surface area contributed by atoms with Crippen molar-refractivity contribution in [1.82, 2.24) is 9.97 Å². The summed E-state index contributed by atoms with van der Waals surface area (Å²) in [5.74, 6) is 0. The van der Waals surface area contributed by atoms with Crippen LogP contribution >= 0.6 is 11.8 Å². The maximum absolute atomic E-state index is 12.7. The molecule has 0 amide bonds. The minimum atomic E-state index is -4.39. The fraction of sp³-hybridized carbons (Fsp3) is 0.231. The van der Waals surface area contributed by atoms with Crippen LogP contribution in [0.4, 0.5) is 18.9 Å². The van der Waals surface area contributed by atoms with Gasteiger partial charge < -0.3 is 15.3 Å². The van der Waals surface area contributed by atoms with Crippen molar-refractivity contribution in [2.24, 2.45) is 0 Å². The van der Waals surface area contributed by atoms with Gasteiger partial charge >= 0.3 is 17.3 Å². The molecule has 1 aliphatic rings. The van der Waals surface area contributed by atoms with Crippen molar-refractivity contribution in [3.63, 3.8) is 0 Å². The molecule has 2 heterocycles. The minimum absolute atomic E-state index is 0.214. The Morgan fingerprint density at radius 3 is 2.64 bits per heavy atom. The minimum Gasteiger partial charge on any atom is -0.383 e. The first-order chi connectivity index (χ1) is 10.3. The first-order valence-electron chi connectivity index (χ1n) is 6.28. The van der Waals surface area contributed by atoms with Crippen molar-refractivity contribution >= 4 is 17.4 Å². The molecule has 0 aliphatic carbocycles. The van der Waals surface area contributed by atoms with Gasteiger partial charge in [-0.1, -0.05) is 0 Å². The molecule has 0 bridgehead atoms. The summed E-state index contributed by atoms with van der Waals surface area (Å²) in [6.45, 7) is 0.334. The summed E-state index contributed by atoms with van der Waals surface area (Å²) in [5, 5.41) is 2.71. The van der Waals surface area contributed by atoms with Crippen LogP contribution in [-0.4, -0.2) is 16.5 Å². The predicted molar refractivity (Wildman–Crippen MR) is 76.2 cm³/mol. The zero-order valence-corrected chi connectivity index (χ0v) is 11.8. The smallest absolute Gasteiger partial charge is 0.383 e. The molecule has 5 nitrogen and oxygen atoms in total. The number of nitrogens with one attached hydrogen (secondary N) is 3. The molecule has 9 heteroatoms. The van der Waals surface area contributed by atoms with Gasteiger partial charge in [-0.25, -0.2) is 0 Å². The first-order valence-corrected chi connectivity index (χ1v) is 7.16. The van der Waals surface area contributed by atoms with Gasteiger partial charge in [0.05, 0.1) is 10.8 Å². The van der Waals surface area contributed by atoms with E-state index in [1.165, 1.54) is 24.0 Å². The van der Waals surface area contributed by atoms with Crippen LogP contribution in [0.3, 0.4) is 0 Å². The van der Waals surface area contributed by atoms with E-state index in [-0.39, 0.29) is 5.25 Å². The lowest BCUT2D eigenvalue weighted by atomic mass is 10.2. The highest BCUT2D eigenvalue weighted by atomic mass is 32.2. The van der Waals surface area contributed by atoms with Gasteiger partial charge in [0, 0.05) is 29.0 Å². The maximum Gasteiger partial charge on any atom is 0.416 e. The van der Waals surface area contributed by atoms with Crippen LogP contribution in [0.5, 0.6) is 0 Å². The molecule has 116 valence electrons. The average molecular weight is 329 g/mol. The van der Waals surface area contributed by atoms with Gasteiger partial charge in [0.15, 0.2) is 0 Å². The molecule has 1 aromatic carbocycles. The zero-order valence-electron chi connectivity index (χ0n) is 11.0. The number of alkyl halides is 3. The summed E-state index contributed by atoms with van der Waals surface area (Å²) >= 11 is 1.32. The third-order valence-corrected chi connectivity index (χ3v) is 4.54. The van der Waals surface area contributed by atoms with Crippen molar-refractivity contribution in [2.45, 2.75) is 16.3 Å². The van der Waals surface area contributed by atoms with Crippen molar-refractivity contribution < 1.29 is 13.2 Å². The van der Waals surface area contributed by atoms with E-state index in [0.29, 0.717) is 22.8 Å². The van der Waals surface area contributed by atoms with Crippen LogP contribution in [0.15, 0.2) is 38.9 Å².